The van der Waals surface area contributed by atoms with Crippen LogP contribution in [0.25, 0.3) is 0 Å². The molecule has 1 N–H and O–H groups in total. The minimum absolute atomic E-state index is 0.125. The summed E-state index contributed by atoms with van der Waals surface area (Å²) >= 11 is 0. The average Bonchev–Trinajstić information content (AvgIpc) is 3.36. The van der Waals surface area contributed by atoms with Crippen molar-refractivity contribution in [1.29, 1.82) is 0 Å². The Hall–Kier alpha value is -1.06. The van der Waals surface area contributed by atoms with E-state index in [1.165, 1.54) is 89.9 Å². The normalized spacial score (nSPS) is 24.5. The third-order valence-corrected chi connectivity index (χ3v) is 7.81. The highest BCUT2D eigenvalue weighted by molar-refractivity contribution is 5.81. The third kappa shape index (κ3) is 9.14. The van der Waals surface area contributed by atoms with Crippen molar-refractivity contribution < 1.29 is 19.4 Å². The molecule has 2 aliphatic carbocycles. The lowest BCUT2D eigenvalue weighted by Gasteiger charge is -2.26. The smallest absolute Gasteiger partial charge is 0.312 e. The van der Waals surface area contributed by atoms with Crippen LogP contribution in [0.2, 0.25) is 0 Å². The molecule has 3 unspecified atom stereocenters. The molecule has 0 spiro atoms. The summed E-state index contributed by atoms with van der Waals surface area (Å²) in [5.74, 6) is -1.02. The molecular weight excluding hydrogens is 388 g/mol. The van der Waals surface area contributed by atoms with Crippen LogP contribution in [0, 0.1) is 17.3 Å². The van der Waals surface area contributed by atoms with Crippen LogP contribution in [0.4, 0.5) is 0 Å². The second-order valence-electron chi connectivity index (χ2n) is 10.4. The molecule has 3 atom stereocenters. The number of unbranched alkanes of at least 4 members (excludes halogenated alkanes) is 15. The molecule has 2 aliphatic rings. The Bertz CT molecular complexity index is 517. The van der Waals surface area contributed by atoms with E-state index >= 15 is 0 Å². The summed E-state index contributed by atoms with van der Waals surface area (Å²) in [6, 6.07) is 0. The zero-order chi connectivity index (χ0) is 22.4. The van der Waals surface area contributed by atoms with Gasteiger partial charge >= 0.3 is 11.9 Å². The van der Waals surface area contributed by atoms with E-state index in [2.05, 4.69) is 6.92 Å². The molecule has 0 heterocycles. The number of esters is 1. The fraction of sp³-hybridized carbons (Fsp3) is 0.926. The number of rotatable bonds is 19. The molecule has 0 saturated heterocycles. The van der Waals surface area contributed by atoms with Gasteiger partial charge in [-0.05, 0) is 38.0 Å². The van der Waals surface area contributed by atoms with E-state index in [-0.39, 0.29) is 17.8 Å². The van der Waals surface area contributed by atoms with E-state index in [4.69, 9.17) is 4.74 Å². The highest BCUT2D eigenvalue weighted by Crippen LogP contribution is 2.57. The second-order valence-corrected chi connectivity index (χ2v) is 10.4. The molecule has 0 amide bonds. The van der Waals surface area contributed by atoms with Gasteiger partial charge in [-0.25, -0.2) is 0 Å². The summed E-state index contributed by atoms with van der Waals surface area (Å²) in [6.07, 6.45) is 24.2. The van der Waals surface area contributed by atoms with Gasteiger partial charge in [0.05, 0.1) is 17.9 Å². The van der Waals surface area contributed by atoms with Crippen molar-refractivity contribution in [3.8, 4) is 0 Å². The van der Waals surface area contributed by atoms with Gasteiger partial charge in [0.1, 0.15) is 0 Å². The highest BCUT2D eigenvalue weighted by Gasteiger charge is 2.57. The molecule has 4 nitrogen and oxygen atoms in total. The number of aliphatic carboxylic acids is 1. The van der Waals surface area contributed by atoms with Gasteiger partial charge in [-0.1, -0.05) is 103 Å². The van der Waals surface area contributed by atoms with Crippen LogP contribution in [0.3, 0.4) is 0 Å². The number of hydrogen-bond acceptors (Lipinski definition) is 3. The maximum Gasteiger partial charge on any atom is 0.312 e. The average molecular weight is 437 g/mol. The van der Waals surface area contributed by atoms with E-state index in [0.29, 0.717) is 13.0 Å². The third-order valence-electron chi connectivity index (χ3n) is 7.81. The summed E-state index contributed by atoms with van der Waals surface area (Å²) in [7, 11) is 0. The van der Waals surface area contributed by atoms with Crippen molar-refractivity contribution in [1.82, 2.24) is 0 Å². The Morgan fingerprint density at radius 2 is 1.26 bits per heavy atom. The number of carboxylic acid groups (broad SMARTS) is 1. The zero-order valence-corrected chi connectivity index (χ0v) is 20.2. The Morgan fingerprint density at radius 3 is 1.71 bits per heavy atom. The first-order valence-electron chi connectivity index (χ1n) is 13.5. The lowest BCUT2D eigenvalue weighted by Crippen LogP contribution is -2.32. The standard InChI is InChI=1S/C27H48O4/c1-2-3-4-5-6-7-8-9-10-11-12-13-14-15-16-17-20-31-26(30)27-19-18-23(21-27)24(22-27)25(28)29/h23-24H,2-22H2,1H3,(H,28,29). The molecule has 2 saturated carbocycles. The molecule has 0 radical (unpaired) electrons. The van der Waals surface area contributed by atoms with Crippen molar-refractivity contribution in [2.24, 2.45) is 17.3 Å². The number of carbonyl (C=O) groups excluding carboxylic acids is 1. The van der Waals surface area contributed by atoms with Crippen molar-refractivity contribution in [3.05, 3.63) is 0 Å². The molecule has 2 fully saturated rings. The monoisotopic (exact) mass is 436 g/mol. The Kier molecular flexibility index (Phi) is 12.6. The molecule has 0 aromatic carbocycles. The first kappa shape index (κ1) is 26.2. The van der Waals surface area contributed by atoms with Crippen LogP contribution in [-0.4, -0.2) is 23.7 Å². The molecule has 31 heavy (non-hydrogen) atoms. The van der Waals surface area contributed by atoms with Gasteiger partial charge in [0, 0.05) is 0 Å². The van der Waals surface area contributed by atoms with E-state index in [1.807, 2.05) is 0 Å². The molecule has 0 aliphatic heterocycles. The number of ether oxygens (including phenoxy) is 1. The largest absolute Gasteiger partial charge is 0.481 e. The minimum Gasteiger partial charge on any atom is -0.481 e. The van der Waals surface area contributed by atoms with Crippen molar-refractivity contribution in [2.75, 3.05) is 6.61 Å². The fourth-order valence-electron chi connectivity index (χ4n) is 5.81. The highest BCUT2D eigenvalue weighted by atomic mass is 16.5. The van der Waals surface area contributed by atoms with Crippen molar-refractivity contribution >= 4 is 11.9 Å². The second kappa shape index (κ2) is 14.9. The maximum absolute atomic E-state index is 12.5. The van der Waals surface area contributed by atoms with Gasteiger partial charge in [0.2, 0.25) is 0 Å². The summed E-state index contributed by atoms with van der Waals surface area (Å²) in [6.45, 7) is 2.78. The van der Waals surface area contributed by atoms with Crippen LogP contribution in [0.15, 0.2) is 0 Å². The number of carbonyl (C=O) groups is 2. The lowest BCUT2D eigenvalue weighted by atomic mass is 9.80. The van der Waals surface area contributed by atoms with Gasteiger partial charge in [-0.3, -0.25) is 9.59 Å². The quantitative estimate of drug-likeness (QED) is 0.166. The summed E-state index contributed by atoms with van der Waals surface area (Å²) in [5, 5.41) is 9.31. The van der Waals surface area contributed by atoms with Crippen LogP contribution in [0.1, 0.15) is 135 Å². The minimum atomic E-state index is -0.739. The molecule has 180 valence electrons. The van der Waals surface area contributed by atoms with E-state index in [9.17, 15) is 14.7 Å². The summed E-state index contributed by atoms with van der Waals surface area (Å²) < 4.78 is 5.56. The van der Waals surface area contributed by atoms with Crippen LogP contribution < -0.4 is 0 Å². The van der Waals surface area contributed by atoms with Gasteiger partial charge < -0.3 is 9.84 Å². The van der Waals surface area contributed by atoms with E-state index in [0.717, 1.165) is 32.1 Å². The number of fused-ring (bicyclic) bond motifs is 2. The molecule has 0 aromatic heterocycles. The predicted molar refractivity (Wildman–Crippen MR) is 126 cm³/mol. The Labute approximate surface area is 190 Å². The lowest BCUT2D eigenvalue weighted by molar-refractivity contribution is -0.156. The molecule has 2 bridgehead atoms. The Balaban J connectivity index is 1.34. The topological polar surface area (TPSA) is 63.6 Å². The van der Waals surface area contributed by atoms with Crippen molar-refractivity contribution in [2.45, 2.75) is 135 Å². The molecule has 2 rings (SSSR count). The summed E-state index contributed by atoms with van der Waals surface area (Å²) in [5.41, 5.74) is -0.483. The Morgan fingerprint density at radius 1 is 0.774 bits per heavy atom. The molecule has 4 heteroatoms. The van der Waals surface area contributed by atoms with Crippen molar-refractivity contribution in [3.63, 3.8) is 0 Å². The first-order valence-corrected chi connectivity index (χ1v) is 13.5. The first-order chi connectivity index (χ1) is 15.1. The van der Waals surface area contributed by atoms with Crippen LogP contribution >= 0.6 is 0 Å². The molecule has 0 aromatic rings. The van der Waals surface area contributed by atoms with Gasteiger partial charge in [0.25, 0.3) is 0 Å². The van der Waals surface area contributed by atoms with Gasteiger partial charge in [-0.15, -0.1) is 0 Å². The zero-order valence-electron chi connectivity index (χ0n) is 20.2. The number of carboxylic acids is 1. The molecular formula is C27H48O4. The van der Waals surface area contributed by atoms with E-state index in [1.54, 1.807) is 0 Å². The fourth-order valence-corrected chi connectivity index (χ4v) is 5.81. The van der Waals surface area contributed by atoms with Gasteiger partial charge in [0.15, 0.2) is 0 Å². The van der Waals surface area contributed by atoms with E-state index < -0.39 is 11.4 Å². The van der Waals surface area contributed by atoms with Crippen LogP contribution in [-0.2, 0) is 14.3 Å². The predicted octanol–water partition coefficient (Wildman–Crippen LogP) is 7.68. The summed E-state index contributed by atoms with van der Waals surface area (Å²) in [4.78, 5) is 23.9. The van der Waals surface area contributed by atoms with Crippen LogP contribution in [0.5, 0.6) is 0 Å². The van der Waals surface area contributed by atoms with Gasteiger partial charge in [-0.2, -0.15) is 0 Å². The number of hydrogen-bond donors (Lipinski definition) is 1. The maximum atomic E-state index is 12.5. The SMILES string of the molecule is CCCCCCCCCCCCCCCCCCOC(=O)C12CCC(C1)C(C(=O)O)C2.